The summed E-state index contributed by atoms with van der Waals surface area (Å²) < 4.78 is 35.5. The number of hydrogen-bond acceptors (Lipinski definition) is 4. The molecule has 0 N–H and O–H groups in total. The van der Waals surface area contributed by atoms with E-state index in [0.29, 0.717) is 11.8 Å². The van der Waals surface area contributed by atoms with Crippen molar-refractivity contribution in [1.82, 2.24) is 0 Å². The number of pyridine rings is 4. The van der Waals surface area contributed by atoms with Crippen LogP contribution in [0.3, 0.4) is 0 Å². The van der Waals surface area contributed by atoms with E-state index in [0.717, 1.165) is 57.5 Å². The Kier molecular flexibility index (Phi) is 19.8. The predicted molar refractivity (Wildman–Crippen MR) is 544 cm³/mol. The van der Waals surface area contributed by atoms with Gasteiger partial charge in [0.15, 0.2) is 24.8 Å². The normalized spacial score (nSPS) is 14.7. The molecule has 5 aliphatic rings. The van der Waals surface area contributed by atoms with E-state index < -0.39 is 0 Å². The van der Waals surface area contributed by atoms with Gasteiger partial charge in [-0.05, 0) is 275 Å². The molecule has 0 aliphatic heterocycles. The molecule has 12 aromatic carbocycles. The fraction of sp³-hybridized carbons (Fsp3) is 0.258. The van der Waals surface area contributed by atoms with Crippen molar-refractivity contribution in [3.8, 4) is 89.5 Å². The van der Waals surface area contributed by atoms with Gasteiger partial charge in [-0.3, -0.25) is 0 Å². The van der Waals surface area contributed by atoms with Crippen molar-refractivity contribution in [2.45, 2.75) is 171 Å². The Bertz CT molecular complexity index is 8180. The summed E-state index contributed by atoms with van der Waals surface area (Å²) in [4.78, 5) is 0. The summed E-state index contributed by atoms with van der Waals surface area (Å²) in [6.45, 7) is 36.1. The minimum Gasteiger partial charge on any atom is -0.455 e. The largest absolute Gasteiger partial charge is 0.455 e. The fourth-order valence-electron chi connectivity index (χ4n) is 24.4. The second kappa shape index (κ2) is 31.1. The Labute approximate surface area is 775 Å². The molecule has 0 atom stereocenters. The molecular weight excluding hydrogens is 1610 g/mol. The smallest absolute Gasteiger partial charge is 0.216 e. The van der Waals surface area contributed by atoms with Crippen molar-refractivity contribution in [2.24, 2.45) is 40.0 Å². The molecule has 0 unspecified atom stereocenters. The molecule has 8 heterocycles. The molecule has 0 saturated heterocycles. The second-order valence-electron chi connectivity index (χ2n) is 41.3. The van der Waals surface area contributed by atoms with Gasteiger partial charge in [0, 0.05) is 113 Å². The molecule has 0 radical (unpaired) electrons. The van der Waals surface area contributed by atoms with Crippen molar-refractivity contribution < 1.29 is 35.9 Å². The molecule has 8 aromatic heterocycles. The molecule has 5 aliphatic carbocycles. The van der Waals surface area contributed by atoms with Crippen LogP contribution in [0.25, 0.3) is 177 Å². The maximum atomic E-state index is 6.77. The molecular formula is C124H118N4O4+4. The van der Waals surface area contributed by atoms with Crippen LogP contribution in [0.15, 0.2) is 285 Å². The number of rotatable bonds is 8. The van der Waals surface area contributed by atoms with Gasteiger partial charge in [-0.2, -0.15) is 0 Å². The molecule has 132 heavy (non-hydrogen) atoms. The van der Waals surface area contributed by atoms with Crippen LogP contribution >= 0.6 is 0 Å². The summed E-state index contributed by atoms with van der Waals surface area (Å²) in [6, 6.07) is 90.1. The molecule has 0 amide bonds. The van der Waals surface area contributed by atoms with Crippen LogP contribution in [0.5, 0.6) is 0 Å². The van der Waals surface area contributed by atoms with Crippen molar-refractivity contribution >= 4 is 87.8 Å². The van der Waals surface area contributed by atoms with E-state index in [-0.39, 0.29) is 21.7 Å². The highest BCUT2D eigenvalue weighted by molar-refractivity contribution is 6.16. The van der Waals surface area contributed by atoms with Crippen LogP contribution in [0, 0.1) is 67.2 Å². The highest BCUT2D eigenvalue weighted by Crippen LogP contribution is 2.61. The van der Waals surface area contributed by atoms with Crippen LogP contribution in [0.4, 0.5) is 0 Å². The van der Waals surface area contributed by atoms with Crippen LogP contribution < -0.4 is 18.3 Å². The van der Waals surface area contributed by atoms with Gasteiger partial charge in [0.25, 0.3) is 0 Å². The van der Waals surface area contributed by atoms with Gasteiger partial charge >= 0.3 is 0 Å². The Hall–Kier alpha value is -13.6. The van der Waals surface area contributed by atoms with Crippen LogP contribution in [0.1, 0.15) is 183 Å². The summed E-state index contributed by atoms with van der Waals surface area (Å²) in [7, 11) is 8.44. The Morgan fingerprint density at radius 3 is 0.917 bits per heavy atom. The maximum Gasteiger partial charge on any atom is 0.216 e. The Balaban J connectivity index is 0.000000103. The third-order valence-corrected chi connectivity index (χ3v) is 30.8. The molecule has 1 saturated carbocycles. The van der Waals surface area contributed by atoms with Crippen molar-refractivity contribution in [1.29, 1.82) is 0 Å². The van der Waals surface area contributed by atoms with Gasteiger partial charge in [-0.25, -0.2) is 18.3 Å². The molecule has 20 aromatic rings. The van der Waals surface area contributed by atoms with Crippen molar-refractivity contribution in [3.05, 3.63) is 356 Å². The van der Waals surface area contributed by atoms with Gasteiger partial charge in [0.05, 0.1) is 22.3 Å². The highest BCUT2D eigenvalue weighted by atomic mass is 16.3. The zero-order valence-corrected chi connectivity index (χ0v) is 80.2. The van der Waals surface area contributed by atoms with Crippen molar-refractivity contribution in [2.75, 3.05) is 0 Å². The second-order valence-corrected chi connectivity index (χ2v) is 41.3. The van der Waals surface area contributed by atoms with E-state index in [1.54, 1.807) is 0 Å². The fourth-order valence-corrected chi connectivity index (χ4v) is 24.4. The zero-order valence-electron chi connectivity index (χ0n) is 80.2. The molecule has 654 valence electrons. The van der Waals surface area contributed by atoms with E-state index in [1.807, 2.05) is 0 Å². The molecule has 25 rings (SSSR count). The minimum absolute atomic E-state index is 0.0137. The highest BCUT2D eigenvalue weighted by Gasteiger charge is 2.48. The Morgan fingerprint density at radius 1 is 0.265 bits per heavy atom. The zero-order chi connectivity index (χ0) is 91.4. The molecule has 8 heteroatoms. The number of hydrogen-bond donors (Lipinski definition) is 0. The number of aromatic nitrogens is 4. The van der Waals surface area contributed by atoms with E-state index in [9.17, 15) is 0 Å². The lowest BCUT2D eigenvalue weighted by molar-refractivity contribution is -0.660. The van der Waals surface area contributed by atoms with Gasteiger partial charge in [0.2, 0.25) is 22.8 Å². The first-order chi connectivity index (χ1) is 63.5. The number of furan rings is 4. The van der Waals surface area contributed by atoms with Crippen molar-refractivity contribution in [3.63, 3.8) is 0 Å². The molecule has 8 nitrogen and oxygen atoms in total. The lowest BCUT2D eigenvalue weighted by Gasteiger charge is -2.35. The van der Waals surface area contributed by atoms with Crippen LogP contribution in [-0.2, 0) is 49.9 Å². The Morgan fingerprint density at radius 2 is 0.545 bits per heavy atom. The summed E-state index contributed by atoms with van der Waals surface area (Å²) >= 11 is 0. The average molecular weight is 1730 g/mol. The third-order valence-electron chi connectivity index (χ3n) is 30.8. The summed E-state index contributed by atoms with van der Waals surface area (Å²) in [5.74, 6) is 1.20. The first-order valence-electron chi connectivity index (χ1n) is 47.8. The number of fused-ring (bicyclic) bond motifs is 26. The van der Waals surface area contributed by atoms with Crippen LogP contribution in [0.2, 0.25) is 0 Å². The predicted octanol–water partition coefficient (Wildman–Crippen LogP) is 30.6. The lowest BCUT2D eigenvalue weighted by atomic mass is 9.68. The molecule has 1 spiro atoms. The summed E-state index contributed by atoms with van der Waals surface area (Å²) in [5, 5.41) is 9.67. The van der Waals surface area contributed by atoms with E-state index >= 15 is 0 Å². The number of aryl methyl sites for hydroxylation is 12. The topological polar surface area (TPSA) is 68.1 Å². The molecule has 1 fully saturated rings. The monoisotopic (exact) mass is 1730 g/mol. The lowest BCUT2D eigenvalue weighted by Crippen LogP contribution is -2.30. The summed E-state index contributed by atoms with van der Waals surface area (Å²) in [6.07, 6.45) is 16.0. The van der Waals surface area contributed by atoms with E-state index in [4.69, 9.17) is 17.7 Å². The van der Waals surface area contributed by atoms with Crippen LogP contribution in [-0.4, -0.2) is 0 Å². The van der Waals surface area contributed by atoms with E-state index in [1.165, 1.54) is 247 Å². The standard InChI is InChI=1S/C35H38NO.C31H28NO.2C29H26NO/c1-21(2)19-35(20-22(3)4)29-11-9-8-10-25(29)27-18-32-28(17-30(27)35)26-13-12-24(6)33(34(26)37-32)31-16-23(5)14-15-36(31)7;1-19-12-15-32(3)27(16-19)29-20(2)10-11-22-24-17-26-23(18-28(24)33-30(22)29)21-8-4-5-9-25(21)31(26)13-6-7-14-31;1-17-12-13-30(5)25(14-17)27-18(2)10-11-20-22-15-24-21(16-26(22)31-28(20)27)19-8-6-7-9-23(19)29(24,3)4;1-17-12-13-30(5)25(14-17)27-18(2)10-11-20-22-15-21-19-8-6-7-9-23(19)29(3,4)24(21)16-26(22)31-28(20)27/h8-18,21-22H,19-20H2,1-7H3;4-5,8-12,15-18H,6-7,13-14H2,1-3H3;2*6-16H,1-5H3/q4*+1. The van der Waals surface area contributed by atoms with Gasteiger partial charge in [-0.1, -0.05) is 214 Å². The van der Waals surface area contributed by atoms with Gasteiger partial charge in [-0.15, -0.1) is 0 Å². The summed E-state index contributed by atoms with van der Waals surface area (Å²) in [5.41, 5.74) is 49.8. The quantitative estimate of drug-likeness (QED) is 0.142. The molecule has 0 bridgehead atoms. The first kappa shape index (κ1) is 84.0. The number of nitrogens with zero attached hydrogens (tertiary/aromatic N) is 4. The number of benzene rings is 12. The van der Waals surface area contributed by atoms with E-state index in [2.05, 4.69) is 425 Å². The minimum atomic E-state index is -0.0270. The average Bonchev–Trinajstić information content (AvgIpc) is 1.55. The maximum absolute atomic E-state index is 6.77. The van der Waals surface area contributed by atoms with Gasteiger partial charge < -0.3 is 17.7 Å². The van der Waals surface area contributed by atoms with Gasteiger partial charge in [0.1, 0.15) is 72.9 Å². The SMILES string of the molecule is Cc1cc[n+](C)c(-c2c(C)ccc3c2oc2cc4c(cc23)-c2ccccc2C4(C)C)c1.Cc1cc[n+](C)c(-c2c(C)ccc3c2oc2cc4c(cc23)C(C)(C)c2ccccc2-4)c1.Cc1cc[n+](C)c(-c2c(C)ccc3c2oc2cc4c(cc23)C(CC(C)C)(CC(C)C)c2ccccc2-4)c1.Cc1cc[n+](C)c(-c2c(C)ccc3c2oc2cc4c(cc23)C2(CCCC2)c2ccccc2-4)c1. The third kappa shape index (κ3) is 13.0. The first-order valence-corrected chi connectivity index (χ1v) is 47.8.